The van der Waals surface area contributed by atoms with Crippen molar-refractivity contribution in [1.82, 2.24) is 4.98 Å². The molecule has 0 aromatic carbocycles. The third-order valence-corrected chi connectivity index (χ3v) is 2.60. The van der Waals surface area contributed by atoms with Crippen LogP contribution in [0.2, 0.25) is 10.2 Å². The van der Waals surface area contributed by atoms with Crippen LogP contribution in [0.1, 0.15) is 12.5 Å². The summed E-state index contributed by atoms with van der Waals surface area (Å²) in [5.74, 6) is 0. The minimum Gasteiger partial charge on any atom is -0.376 e. The maximum Gasteiger partial charge on any atom is 0.421 e. The predicted molar refractivity (Wildman–Crippen MR) is 49.9 cm³/mol. The molecule has 15 heavy (non-hydrogen) atoms. The zero-order chi connectivity index (χ0) is 11.9. The summed E-state index contributed by atoms with van der Waals surface area (Å²) in [6.45, 7) is 0.619. The Balaban J connectivity index is 3.22. The van der Waals surface area contributed by atoms with Crippen LogP contribution in [0.3, 0.4) is 0 Å². The van der Waals surface area contributed by atoms with Gasteiger partial charge in [0.25, 0.3) is 0 Å². The molecule has 1 aromatic rings. The van der Waals surface area contributed by atoms with Gasteiger partial charge in [-0.25, -0.2) is 4.98 Å². The molecule has 84 valence electrons. The maximum atomic E-state index is 12.4. The number of alkyl halides is 3. The summed E-state index contributed by atoms with van der Waals surface area (Å²) in [6, 6.07) is 0.935. The normalized spacial score (nSPS) is 16.2. The number of aromatic nitrogens is 1. The second-order valence-corrected chi connectivity index (χ2v) is 3.83. The van der Waals surface area contributed by atoms with Crippen LogP contribution >= 0.6 is 23.2 Å². The average Bonchev–Trinajstić information content (AvgIpc) is 2.07. The van der Waals surface area contributed by atoms with Crippen molar-refractivity contribution in [3.8, 4) is 0 Å². The molecular formula is C8H6Cl2F3NO. The Morgan fingerprint density at radius 3 is 2.27 bits per heavy atom. The lowest BCUT2D eigenvalue weighted by molar-refractivity contribution is -0.259. The minimum absolute atomic E-state index is 0.113. The van der Waals surface area contributed by atoms with Crippen molar-refractivity contribution in [2.45, 2.75) is 18.7 Å². The van der Waals surface area contributed by atoms with Crippen molar-refractivity contribution < 1.29 is 18.3 Å². The van der Waals surface area contributed by atoms with Crippen molar-refractivity contribution in [2.75, 3.05) is 0 Å². The van der Waals surface area contributed by atoms with Gasteiger partial charge >= 0.3 is 6.18 Å². The quantitative estimate of drug-likeness (QED) is 0.787. The van der Waals surface area contributed by atoms with Crippen LogP contribution in [0.5, 0.6) is 0 Å². The van der Waals surface area contributed by atoms with Gasteiger partial charge in [0, 0.05) is 11.8 Å². The van der Waals surface area contributed by atoms with E-state index < -0.39 is 17.3 Å². The molecule has 0 radical (unpaired) electrons. The van der Waals surface area contributed by atoms with Crippen molar-refractivity contribution in [3.05, 3.63) is 28.0 Å². The van der Waals surface area contributed by atoms with E-state index in [4.69, 9.17) is 23.2 Å². The van der Waals surface area contributed by atoms with Gasteiger partial charge in [0.05, 0.1) is 5.02 Å². The smallest absolute Gasteiger partial charge is 0.376 e. The van der Waals surface area contributed by atoms with Crippen molar-refractivity contribution >= 4 is 23.2 Å². The number of nitrogens with zero attached hydrogens (tertiary/aromatic N) is 1. The first-order chi connectivity index (χ1) is 6.66. The van der Waals surface area contributed by atoms with E-state index in [-0.39, 0.29) is 10.2 Å². The summed E-state index contributed by atoms with van der Waals surface area (Å²) in [6.07, 6.45) is -3.96. The molecule has 0 aliphatic heterocycles. The molecule has 0 aliphatic carbocycles. The van der Waals surface area contributed by atoms with E-state index in [2.05, 4.69) is 4.98 Å². The Kier molecular flexibility index (Phi) is 3.19. The van der Waals surface area contributed by atoms with Crippen LogP contribution in [0.15, 0.2) is 12.3 Å². The van der Waals surface area contributed by atoms with Gasteiger partial charge in [0.2, 0.25) is 0 Å². The highest BCUT2D eigenvalue weighted by Gasteiger charge is 2.51. The zero-order valence-electron chi connectivity index (χ0n) is 7.44. The number of rotatable bonds is 1. The molecule has 1 aromatic heterocycles. The molecule has 0 fully saturated rings. The summed E-state index contributed by atoms with van der Waals surface area (Å²) in [4.78, 5) is 3.43. The Bertz CT molecular complexity index is 379. The Morgan fingerprint density at radius 2 is 1.87 bits per heavy atom. The molecule has 0 spiro atoms. The minimum atomic E-state index is -4.80. The lowest BCUT2D eigenvalue weighted by atomic mass is 9.97. The van der Waals surface area contributed by atoms with E-state index in [1.807, 2.05) is 0 Å². The van der Waals surface area contributed by atoms with Crippen LogP contribution < -0.4 is 0 Å². The van der Waals surface area contributed by atoms with Gasteiger partial charge in [0.1, 0.15) is 5.15 Å². The molecule has 1 atom stereocenters. The van der Waals surface area contributed by atoms with Gasteiger partial charge < -0.3 is 5.11 Å². The van der Waals surface area contributed by atoms with Crippen LogP contribution in [0.4, 0.5) is 13.2 Å². The molecule has 0 saturated carbocycles. The highest BCUT2D eigenvalue weighted by atomic mass is 35.5. The van der Waals surface area contributed by atoms with Crippen LogP contribution in [-0.2, 0) is 5.60 Å². The van der Waals surface area contributed by atoms with Crippen LogP contribution in [-0.4, -0.2) is 16.3 Å². The fourth-order valence-electron chi connectivity index (χ4n) is 0.851. The molecule has 0 aliphatic rings. The van der Waals surface area contributed by atoms with Gasteiger partial charge in [0.15, 0.2) is 5.60 Å². The first-order valence-electron chi connectivity index (χ1n) is 3.77. The number of aliphatic hydroxyl groups is 1. The zero-order valence-corrected chi connectivity index (χ0v) is 8.95. The molecule has 7 heteroatoms. The monoisotopic (exact) mass is 259 g/mol. The molecule has 1 rings (SSSR count). The first kappa shape index (κ1) is 12.5. The van der Waals surface area contributed by atoms with E-state index in [9.17, 15) is 18.3 Å². The summed E-state index contributed by atoms with van der Waals surface area (Å²) < 4.78 is 37.2. The van der Waals surface area contributed by atoms with E-state index in [0.717, 1.165) is 12.3 Å². The van der Waals surface area contributed by atoms with E-state index in [1.165, 1.54) is 0 Å². The number of hydrogen-bond acceptors (Lipinski definition) is 2. The van der Waals surface area contributed by atoms with Crippen LogP contribution in [0.25, 0.3) is 0 Å². The summed E-state index contributed by atoms with van der Waals surface area (Å²) in [7, 11) is 0. The van der Waals surface area contributed by atoms with Gasteiger partial charge in [-0.15, -0.1) is 0 Å². The van der Waals surface area contributed by atoms with Gasteiger partial charge in [-0.1, -0.05) is 23.2 Å². The standard InChI is InChI=1S/C8H6Cl2F3NO/c1-7(15,8(11,12)13)4-2-5(9)6(10)14-3-4/h2-3,15H,1H3/t7-/m0/s1. The Labute approximate surface area is 93.6 Å². The van der Waals surface area contributed by atoms with E-state index in [1.54, 1.807) is 0 Å². The Hall–Kier alpha value is -0.520. The van der Waals surface area contributed by atoms with E-state index >= 15 is 0 Å². The summed E-state index contributed by atoms with van der Waals surface area (Å²) in [5, 5.41) is 9.02. The highest BCUT2D eigenvalue weighted by molar-refractivity contribution is 6.41. The van der Waals surface area contributed by atoms with Crippen LogP contribution in [0, 0.1) is 0 Å². The first-order valence-corrected chi connectivity index (χ1v) is 4.52. The van der Waals surface area contributed by atoms with E-state index in [0.29, 0.717) is 6.92 Å². The molecule has 0 bridgehead atoms. The predicted octanol–water partition coefficient (Wildman–Crippen LogP) is 3.16. The summed E-state index contributed by atoms with van der Waals surface area (Å²) in [5.41, 5.74) is -3.45. The third kappa shape index (κ3) is 2.35. The highest BCUT2D eigenvalue weighted by Crippen LogP contribution is 2.39. The molecular weight excluding hydrogens is 254 g/mol. The molecule has 0 amide bonds. The SMILES string of the molecule is C[C@](O)(c1cnc(Cl)c(Cl)c1)C(F)(F)F. The lowest BCUT2D eigenvalue weighted by Crippen LogP contribution is -2.39. The Morgan fingerprint density at radius 1 is 1.33 bits per heavy atom. The van der Waals surface area contributed by atoms with Gasteiger partial charge in [-0.05, 0) is 13.0 Å². The van der Waals surface area contributed by atoms with Crippen molar-refractivity contribution in [3.63, 3.8) is 0 Å². The lowest BCUT2D eigenvalue weighted by Gasteiger charge is -2.26. The largest absolute Gasteiger partial charge is 0.421 e. The topological polar surface area (TPSA) is 33.1 Å². The number of hydrogen-bond donors (Lipinski definition) is 1. The second-order valence-electron chi connectivity index (χ2n) is 3.07. The summed E-state index contributed by atoms with van der Waals surface area (Å²) >= 11 is 10.9. The number of halogens is 5. The van der Waals surface area contributed by atoms with Crippen molar-refractivity contribution in [1.29, 1.82) is 0 Å². The average molecular weight is 260 g/mol. The molecule has 0 saturated heterocycles. The molecule has 1 heterocycles. The van der Waals surface area contributed by atoms with Crippen molar-refractivity contribution in [2.24, 2.45) is 0 Å². The fourth-order valence-corrected chi connectivity index (χ4v) is 1.12. The second kappa shape index (κ2) is 3.81. The van der Waals surface area contributed by atoms with Gasteiger partial charge in [-0.3, -0.25) is 0 Å². The third-order valence-electron chi connectivity index (χ3n) is 1.91. The molecule has 1 N–H and O–H groups in total. The number of pyridine rings is 1. The van der Waals surface area contributed by atoms with Gasteiger partial charge in [-0.2, -0.15) is 13.2 Å². The maximum absolute atomic E-state index is 12.4. The fraction of sp³-hybridized carbons (Fsp3) is 0.375. The molecule has 0 unspecified atom stereocenters. The molecule has 2 nitrogen and oxygen atoms in total.